The van der Waals surface area contributed by atoms with Crippen LogP contribution in [0.4, 0.5) is 5.69 Å². The SMILES string of the molecule is Cc1cc(C(=O)Nc2cccc(C(NCC3CC3)c3ccc(C)c(Br)c3)c2)n(-c2cccc(CN)c2)n1. The van der Waals surface area contributed by atoms with Crippen molar-refractivity contribution in [2.24, 2.45) is 11.7 Å². The summed E-state index contributed by atoms with van der Waals surface area (Å²) >= 11 is 3.69. The van der Waals surface area contributed by atoms with E-state index in [-0.39, 0.29) is 11.9 Å². The lowest BCUT2D eigenvalue weighted by atomic mass is 9.97. The van der Waals surface area contributed by atoms with Crippen molar-refractivity contribution in [1.82, 2.24) is 15.1 Å². The summed E-state index contributed by atoms with van der Waals surface area (Å²) in [5, 5.41) is 11.4. The molecule has 4 aromatic rings. The maximum atomic E-state index is 13.4. The first-order valence-electron chi connectivity index (χ1n) is 12.7. The molecule has 7 heteroatoms. The molecule has 1 amide bonds. The zero-order valence-corrected chi connectivity index (χ0v) is 22.8. The predicted octanol–water partition coefficient (Wildman–Crippen LogP) is 6.05. The number of benzene rings is 3. The van der Waals surface area contributed by atoms with Crippen LogP contribution >= 0.6 is 15.9 Å². The molecule has 1 aliphatic rings. The fourth-order valence-electron chi connectivity index (χ4n) is 4.49. The number of aromatic nitrogens is 2. The average Bonchev–Trinajstić information content (AvgIpc) is 3.65. The Labute approximate surface area is 226 Å². The van der Waals surface area contributed by atoms with Gasteiger partial charge in [-0.2, -0.15) is 5.10 Å². The molecule has 0 saturated heterocycles. The number of carbonyl (C=O) groups excluding carboxylic acids is 1. The van der Waals surface area contributed by atoms with Crippen molar-refractivity contribution in [3.63, 3.8) is 0 Å². The zero-order chi connectivity index (χ0) is 25.9. The third-order valence-corrected chi connectivity index (χ3v) is 7.62. The molecule has 0 spiro atoms. The molecule has 0 aliphatic heterocycles. The van der Waals surface area contributed by atoms with Crippen molar-refractivity contribution in [2.45, 2.75) is 39.3 Å². The van der Waals surface area contributed by atoms with Crippen LogP contribution in [0.1, 0.15) is 57.3 Å². The molecule has 1 heterocycles. The summed E-state index contributed by atoms with van der Waals surface area (Å²) in [7, 11) is 0. The lowest BCUT2D eigenvalue weighted by Crippen LogP contribution is -2.25. The smallest absolute Gasteiger partial charge is 0.274 e. The van der Waals surface area contributed by atoms with Gasteiger partial charge in [-0.05, 0) is 97.8 Å². The Hall–Kier alpha value is -3.26. The second-order valence-electron chi connectivity index (χ2n) is 9.83. The minimum absolute atomic E-state index is 0.0288. The molecule has 1 saturated carbocycles. The molecule has 0 bridgehead atoms. The Morgan fingerprint density at radius 3 is 2.59 bits per heavy atom. The Morgan fingerprint density at radius 2 is 1.84 bits per heavy atom. The van der Waals surface area contributed by atoms with Crippen molar-refractivity contribution in [2.75, 3.05) is 11.9 Å². The summed E-state index contributed by atoms with van der Waals surface area (Å²) in [5.41, 5.74) is 13.1. The van der Waals surface area contributed by atoms with E-state index in [0.29, 0.717) is 12.2 Å². The average molecular weight is 559 g/mol. The molecular formula is C30H32BrN5O. The van der Waals surface area contributed by atoms with E-state index in [2.05, 4.69) is 68.9 Å². The minimum atomic E-state index is -0.212. The third kappa shape index (κ3) is 6.01. The van der Waals surface area contributed by atoms with Crippen LogP contribution in [-0.2, 0) is 6.54 Å². The summed E-state index contributed by atoms with van der Waals surface area (Å²) < 4.78 is 2.77. The van der Waals surface area contributed by atoms with E-state index in [9.17, 15) is 4.79 Å². The van der Waals surface area contributed by atoms with Crippen LogP contribution in [0.3, 0.4) is 0 Å². The highest BCUT2D eigenvalue weighted by Gasteiger charge is 2.24. The van der Waals surface area contributed by atoms with Crippen LogP contribution in [0, 0.1) is 19.8 Å². The van der Waals surface area contributed by atoms with Gasteiger partial charge in [-0.25, -0.2) is 4.68 Å². The van der Waals surface area contributed by atoms with Crippen molar-refractivity contribution in [1.29, 1.82) is 0 Å². The maximum absolute atomic E-state index is 13.4. The summed E-state index contributed by atoms with van der Waals surface area (Å²) in [6.45, 7) is 5.38. The largest absolute Gasteiger partial charge is 0.326 e. The van der Waals surface area contributed by atoms with E-state index in [4.69, 9.17) is 5.73 Å². The van der Waals surface area contributed by atoms with Gasteiger partial charge in [0.1, 0.15) is 5.69 Å². The molecular weight excluding hydrogens is 526 g/mol. The number of rotatable bonds is 9. The molecule has 5 rings (SSSR count). The number of hydrogen-bond donors (Lipinski definition) is 3. The Bertz CT molecular complexity index is 1430. The van der Waals surface area contributed by atoms with E-state index in [1.165, 1.54) is 24.0 Å². The molecule has 0 radical (unpaired) electrons. The Balaban J connectivity index is 1.42. The number of amides is 1. The second-order valence-corrected chi connectivity index (χ2v) is 10.7. The van der Waals surface area contributed by atoms with Crippen molar-refractivity contribution < 1.29 is 4.79 Å². The quantitative estimate of drug-likeness (QED) is 0.234. The molecule has 1 fully saturated rings. The van der Waals surface area contributed by atoms with Gasteiger partial charge >= 0.3 is 0 Å². The van der Waals surface area contributed by atoms with E-state index in [1.807, 2.05) is 43.3 Å². The highest BCUT2D eigenvalue weighted by Crippen LogP contribution is 2.32. The lowest BCUT2D eigenvalue weighted by molar-refractivity contribution is 0.101. The molecule has 3 aromatic carbocycles. The van der Waals surface area contributed by atoms with Gasteiger partial charge in [-0.3, -0.25) is 4.79 Å². The number of nitrogens with two attached hydrogens (primary N) is 1. The van der Waals surface area contributed by atoms with Gasteiger partial charge in [-0.15, -0.1) is 0 Å². The predicted molar refractivity (Wildman–Crippen MR) is 152 cm³/mol. The number of anilines is 1. The van der Waals surface area contributed by atoms with Crippen LogP contribution in [0.15, 0.2) is 77.3 Å². The number of aryl methyl sites for hydroxylation is 2. The topological polar surface area (TPSA) is 85.0 Å². The molecule has 1 atom stereocenters. The first-order valence-corrected chi connectivity index (χ1v) is 13.5. The van der Waals surface area contributed by atoms with Gasteiger partial charge in [-0.1, -0.05) is 52.3 Å². The van der Waals surface area contributed by atoms with Crippen LogP contribution in [0.5, 0.6) is 0 Å². The van der Waals surface area contributed by atoms with Crippen LogP contribution in [-0.4, -0.2) is 22.2 Å². The first kappa shape index (κ1) is 25.4. The number of nitrogens with one attached hydrogen (secondary N) is 2. The highest BCUT2D eigenvalue weighted by atomic mass is 79.9. The fraction of sp³-hybridized carbons (Fsp3) is 0.267. The molecule has 1 unspecified atom stereocenters. The monoisotopic (exact) mass is 557 g/mol. The number of nitrogens with zero attached hydrogens (tertiary/aromatic N) is 2. The van der Waals surface area contributed by atoms with Gasteiger partial charge in [0.15, 0.2) is 0 Å². The molecule has 1 aromatic heterocycles. The molecule has 37 heavy (non-hydrogen) atoms. The van der Waals surface area contributed by atoms with Gasteiger partial charge in [0.2, 0.25) is 0 Å². The fourth-order valence-corrected chi connectivity index (χ4v) is 4.88. The van der Waals surface area contributed by atoms with E-state index in [1.54, 1.807) is 10.7 Å². The van der Waals surface area contributed by atoms with E-state index in [0.717, 1.165) is 45.1 Å². The lowest BCUT2D eigenvalue weighted by Gasteiger charge is -2.21. The Morgan fingerprint density at radius 1 is 1.05 bits per heavy atom. The number of hydrogen-bond acceptors (Lipinski definition) is 4. The van der Waals surface area contributed by atoms with Gasteiger partial charge in [0.05, 0.1) is 17.4 Å². The number of carbonyl (C=O) groups is 1. The second kappa shape index (κ2) is 11.0. The van der Waals surface area contributed by atoms with Gasteiger partial charge < -0.3 is 16.4 Å². The molecule has 190 valence electrons. The van der Waals surface area contributed by atoms with E-state index >= 15 is 0 Å². The summed E-state index contributed by atoms with van der Waals surface area (Å²) in [4.78, 5) is 13.4. The highest BCUT2D eigenvalue weighted by molar-refractivity contribution is 9.10. The number of halogens is 1. The molecule has 1 aliphatic carbocycles. The summed E-state index contributed by atoms with van der Waals surface area (Å²) in [6, 6.07) is 24.2. The normalized spacial score (nSPS) is 13.9. The summed E-state index contributed by atoms with van der Waals surface area (Å²) in [5.74, 6) is 0.539. The molecule has 6 nitrogen and oxygen atoms in total. The first-order chi connectivity index (χ1) is 17.9. The van der Waals surface area contributed by atoms with Gasteiger partial charge in [0.25, 0.3) is 5.91 Å². The van der Waals surface area contributed by atoms with Gasteiger partial charge in [0, 0.05) is 16.7 Å². The van der Waals surface area contributed by atoms with Crippen molar-refractivity contribution in [3.8, 4) is 5.69 Å². The zero-order valence-electron chi connectivity index (χ0n) is 21.2. The minimum Gasteiger partial charge on any atom is -0.326 e. The molecule has 4 N–H and O–H groups in total. The van der Waals surface area contributed by atoms with Crippen LogP contribution in [0.2, 0.25) is 0 Å². The Kier molecular flexibility index (Phi) is 7.55. The standard InChI is InChI=1S/C30H32BrN5O/c1-19-9-12-24(16-27(19)31)29(33-18-21-10-11-21)23-6-4-7-25(15-23)34-30(37)28-13-20(2)35-36(28)26-8-3-5-22(14-26)17-32/h3-9,12-16,21,29,33H,10-11,17-18,32H2,1-2H3,(H,34,37). The van der Waals surface area contributed by atoms with Crippen molar-refractivity contribution >= 4 is 27.5 Å². The maximum Gasteiger partial charge on any atom is 0.274 e. The summed E-state index contributed by atoms with van der Waals surface area (Å²) in [6.07, 6.45) is 2.57. The van der Waals surface area contributed by atoms with Crippen molar-refractivity contribution in [3.05, 3.63) is 111 Å². The van der Waals surface area contributed by atoms with Crippen LogP contribution < -0.4 is 16.4 Å². The van der Waals surface area contributed by atoms with Crippen LogP contribution in [0.25, 0.3) is 5.69 Å². The van der Waals surface area contributed by atoms with E-state index < -0.39 is 0 Å². The third-order valence-electron chi connectivity index (χ3n) is 6.77.